The summed E-state index contributed by atoms with van der Waals surface area (Å²) < 4.78 is 9.50. The largest absolute Gasteiger partial charge is 0.479 e. The van der Waals surface area contributed by atoms with E-state index in [4.69, 9.17) is 14.9 Å². The molecule has 26 heavy (non-hydrogen) atoms. The van der Waals surface area contributed by atoms with E-state index < -0.39 is 43.1 Å². The minimum atomic E-state index is -1.84. The van der Waals surface area contributed by atoms with Crippen LogP contribution in [0.5, 0.6) is 0 Å². The fraction of sp³-hybridized carbons (Fsp3) is 0.833. The van der Waals surface area contributed by atoms with Crippen molar-refractivity contribution in [1.29, 1.82) is 0 Å². The molecule has 0 spiro atoms. The molecule has 0 saturated heterocycles. The number of unbranched alkanes of at least 4 members (excludes halogenated alkanes) is 7. The normalized spacial score (nSPS) is 13.0. The zero-order chi connectivity index (χ0) is 19.8. The highest BCUT2D eigenvalue weighted by Gasteiger charge is 2.19. The SMILES string of the molecule is CCCCCCCCCCC(=O)OCC(O)COC(=O)C[C@@H](O)C(=O)O. The molecule has 0 fully saturated rings. The van der Waals surface area contributed by atoms with Crippen LogP contribution in [0.1, 0.15) is 71.1 Å². The highest BCUT2D eigenvalue weighted by Crippen LogP contribution is 2.10. The van der Waals surface area contributed by atoms with Gasteiger partial charge in [0.05, 0.1) is 6.42 Å². The molecule has 0 aliphatic heterocycles. The Bertz CT molecular complexity index is 410. The Kier molecular flexibility index (Phi) is 14.6. The number of carboxylic acids is 1. The van der Waals surface area contributed by atoms with Crippen molar-refractivity contribution in [2.75, 3.05) is 13.2 Å². The summed E-state index contributed by atoms with van der Waals surface area (Å²) in [4.78, 5) is 33.1. The van der Waals surface area contributed by atoms with Crippen LogP contribution in [-0.2, 0) is 23.9 Å². The number of ether oxygens (including phenoxy) is 2. The molecule has 2 atom stereocenters. The van der Waals surface area contributed by atoms with E-state index in [9.17, 15) is 19.5 Å². The lowest BCUT2D eigenvalue weighted by atomic mass is 10.1. The van der Waals surface area contributed by atoms with Crippen molar-refractivity contribution < 1.29 is 39.2 Å². The number of aliphatic hydroxyl groups excluding tert-OH is 2. The van der Waals surface area contributed by atoms with Gasteiger partial charge >= 0.3 is 17.9 Å². The molecule has 0 rings (SSSR count). The molecule has 0 saturated carbocycles. The Morgan fingerprint density at radius 2 is 1.31 bits per heavy atom. The highest BCUT2D eigenvalue weighted by molar-refractivity contribution is 5.80. The minimum Gasteiger partial charge on any atom is -0.479 e. The lowest BCUT2D eigenvalue weighted by molar-refractivity contribution is -0.159. The second kappa shape index (κ2) is 15.6. The molecule has 0 aromatic carbocycles. The fourth-order valence-electron chi connectivity index (χ4n) is 2.21. The summed E-state index contributed by atoms with van der Waals surface area (Å²) in [5.74, 6) is -2.90. The first-order chi connectivity index (χ1) is 12.4. The zero-order valence-corrected chi connectivity index (χ0v) is 15.5. The van der Waals surface area contributed by atoms with Gasteiger partial charge in [-0.1, -0.05) is 51.9 Å². The second-order valence-electron chi connectivity index (χ2n) is 6.30. The van der Waals surface area contributed by atoms with Gasteiger partial charge in [0.1, 0.15) is 19.3 Å². The van der Waals surface area contributed by atoms with Crippen molar-refractivity contribution in [3.8, 4) is 0 Å². The molecule has 0 aromatic rings. The second-order valence-corrected chi connectivity index (χ2v) is 6.30. The molecular formula is C18H32O8. The monoisotopic (exact) mass is 376 g/mol. The molecule has 8 heteroatoms. The predicted octanol–water partition coefficient (Wildman–Crippen LogP) is 1.80. The van der Waals surface area contributed by atoms with Gasteiger partial charge in [-0.05, 0) is 6.42 Å². The molecule has 0 heterocycles. The first-order valence-electron chi connectivity index (χ1n) is 9.27. The van der Waals surface area contributed by atoms with Gasteiger partial charge in [0.2, 0.25) is 0 Å². The van der Waals surface area contributed by atoms with Crippen molar-refractivity contribution in [3.63, 3.8) is 0 Å². The van der Waals surface area contributed by atoms with Crippen LogP contribution in [-0.4, -0.2) is 58.6 Å². The third-order valence-electron chi connectivity index (χ3n) is 3.75. The van der Waals surface area contributed by atoms with E-state index in [1.54, 1.807) is 0 Å². The van der Waals surface area contributed by atoms with Crippen LogP contribution in [0.2, 0.25) is 0 Å². The first kappa shape index (κ1) is 24.3. The Hall–Kier alpha value is -1.67. The topological polar surface area (TPSA) is 130 Å². The Balaban J connectivity index is 3.60. The van der Waals surface area contributed by atoms with Gasteiger partial charge in [-0.15, -0.1) is 0 Å². The summed E-state index contributed by atoms with van der Waals surface area (Å²) in [5.41, 5.74) is 0. The van der Waals surface area contributed by atoms with Gasteiger partial charge in [-0.2, -0.15) is 0 Å². The van der Waals surface area contributed by atoms with Crippen LogP contribution in [0.25, 0.3) is 0 Å². The van der Waals surface area contributed by atoms with E-state index >= 15 is 0 Å². The molecular weight excluding hydrogens is 344 g/mol. The number of aliphatic hydroxyl groups is 2. The summed E-state index contributed by atoms with van der Waals surface area (Å²) in [7, 11) is 0. The number of aliphatic carboxylic acids is 1. The van der Waals surface area contributed by atoms with Crippen LogP contribution < -0.4 is 0 Å². The number of carboxylic acid groups (broad SMARTS) is 1. The van der Waals surface area contributed by atoms with E-state index in [0.717, 1.165) is 19.3 Å². The molecule has 0 amide bonds. The van der Waals surface area contributed by atoms with Gasteiger partial charge < -0.3 is 24.8 Å². The average Bonchev–Trinajstić information content (AvgIpc) is 2.60. The van der Waals surface area contributed by atoms with Crippen LogP contribution in [0, 0.1) is 0 Å². The molecule has 3 N–H and O–H groups in total. The average molecular weight is 376 g/mol. The predicted molar refractivity (Wildman–Crippen MR) is 93.4 cm³/mol. The van der Waals surface area contributed by atoms with Gasteiger partial charge in [0.15, 0.2) is 6.10 Å². The van der Waals surface area contributed by atoms with Crippen molar-refractivity contribution in [2.24, 2.45) is 0 Å². The Morgan fingerprint density at radius 1 is 0.808 bits per heavy atom. The van der Waals surface area contributed by atoms with Crippen LogP contribution in [0.15, 0.2) is 0 Å². The van der Waals surface area contributed by atoms with Crippen LogP contribution in [0.3, 0.4) is 0 Å². The van der Waals surface area contributed by atoms with Crippen LogP contribution in [0.4, 0.5) is 0 Å². The van der Waals surface area contributed by atoms with Crippen molar-refractivity contribution in [3.05, 3.63) is 0 Å². The summed E-state index contributed by atoms with van der Waals surface area (Å²) in [5, 5.41) is 27.0. The number of esters is 2. The number of rotatable bonds is 16. The Morgan fingerprint density at radius 3 is 1.85 bits per heavy atom. The van der Waals surface area contributed by atoms with Gasteiger partial charge in [-0.3, -0.25) is 9.59 Å². The molecule has 152 valence electrons. The lowest BCUT2D eigenvalue weighted by Crippen LogP contribution is -2.28. The van der Waals surface area contributed by atoms with E-state index in [-0.39, 0.29) is 13.0 Å². The summed E-state index contributed by atoms with van der Waals surface area (Å²) in [6, 6.07) is 0. The third kappa shape index (κ3) is 14.7. The van der Waals surface area contributed by atoms with Gasteiger partial charge in [0.25, 0.3) is 0 Å². The molecule has 0 bridgehead atoms. The number of carbonyl (C=O) groups is 3. The molecule has 0 radical (unpaired) electrons. The maximum absolute atomic E-state index is 11.5. The number of hydrogen-bond donors (Lipinski definition) is 3. The highest BCUT2D eigenvalue weighted by atomic mass is 16.6. The van der Waals surface area contributed by atoms with Gasteiger partial charge in [-0.25, -0.2) is 4.79 Å². The van der Waals surface area contributed by atoms with Crippen molar-refractivity contribution in [1.82, 2.24) is 0 Å². The quantitative estimate of drug-likeness (QED) is 0.275. The molecule has 0 aromatic heterocycles. The molecule has 0 aliphatic rings. The molecule has 1 unspecified atom stereocenters. The summed E-state index contributed by atoms with van der Waals surface area (Å²) in [6.45, 7) is 1.44. The number of hydrogen-bond acceptors (Lipinski definition) is 7. The fourth-order valence-corrected chi connectivity index (χ4v) is 2.21. The summed E-state index contributed by atoms with van der Waals surface area (Å²) >= 11 is 0. The minimum absolute atomic E-state index is 0.284. The summed E-state index contributed by atoms with van der Waals surface area (Å²) in [6.07, 6.45) is 5.50. The van der Waals surface area contributed by atoms with Crippen molar-refractivity contribution in [2.45, 2.75) is 83.3 Å². The standard InChI is InChI=1S/C18H32O8/c1-2-3-4-5-6-7-8-9-10-16(21)25-12-14(19)13-26-17(22)11-15(20)18(23)24/h14-15,19-20H,2-13H2,1H3,(H,23,24)/t14?,15-/m1/s1. The maximum atomic E-state index is 11.5. The third-order valence-corrected chi connectivity index (χ3v) is 3.75. The van der Waals surface area contributed by atoms with E-state index in [1.807, 2.05) is 0 Å². The molecule has 0 aliphatic carbocycles. The van der Waals surface area contributed by atoms with E-state index in [0.29, 0.717) is 0 Å². The van der Waals surface area contributed by atoms with E-state index in [2.05, 4.69) is 11.7 Å². The first-order valence-corrected chi connectivity index (χ1v) is 9.27. The smallest absolute Gasteiger partial charge is 0.333 e. The number of carbonyl (C=O) groups excluding carboxylic acids is 2. The van der Waals surface area contributed by atoms with Crippen molar-refractivity contribution >= 4 is 17.9 Å². The van der Waals surface area contributed by atoms with E-state index in [1.165, 1.54) is 32.1 Å². The lowest BCUT2D eigenvalue weighted by Gasteiger charge is -2.12. The molecule has 8 nitrogen and oxygen atoms in total. The van der Waals surface area contributed by atoms with Crippen LogP contribution >= 0.6 is 0 Å². The zero-order valence-electron chi connectivity index (χ0n) is 15.5. The Labute approximate surface area is 154 Å². The maximum Gasteiger partial charge on any atom is 0.333 e. The van der Waals surface area contributed by atoms with Gasteiger partial charge in [0, 0.05) is 6.42 Å².